The molecule has 0 aromatic heterocycles. The Labute approximate surface area is 153 Å². The van der Waals surface area contributed by atoms with Crippen LogP contribution in [0.4, 0.5) is 0 Å². The molecule has 0 bridgehead atoms. The maximum absolute atomic E-state index is 12.6. The summed E-state index contributed by atoms with van der Waals surface area (Å²) >= 11 is 18.2. The Morgan fingerprint density at radius 3 is 2.57 bits per heavy atom. The molecule has 1 aliphatic heterocycles. The minimum atomic E-state index is -1.08. The van der Waals surface area contributed by atoms with Gasteiger partial charge in [0.1, 0.15) is 10.4 Å². The van der Waals surface area contributed by atoms with E-state index in [9.17, 15) is 14.7 Å². The van der Waals surface area contributed by atoms with Crippen molar-refractivity contribution in [2.45, 2.75) is 19.9 Å². The summed E-state index contributed by atoms with van der Waals surface area (Å²) in [6.45, 7) is 3.47. The van der Waals surface area contributed by atoms with Gasteiger partial charge in [-0.05, 0) is 29.7 Å². The lowest BCUT2D eigenvalue weighted by Crippen LogP contribution is -2.47. The fourth-order valence-electron chi connectivity index (χ4n) is 2.17. The van der Waals surface area contributed by atoms with E-state index in [0.717, 1.165) is 16.7 Å². The van der Waals surface area contributed by atoms with Crippen molar-refractivity contribution in [3.8, 4) is 0 Å². The van der Waals surface area contributed by atoms with Gasteiger partial charge in [-0.25, -0.2) is 4.79 Å². The number of carbonyl (C=O) groups excluding carboxylic acids is 1. The molecule has 1 saturated heterocycles. The van der Waals surface area contributed by atoms with Crippen LogP contribution in [0.15, 0.2) is 23.1 Å². The molecule has 8 heteroatoms. The van der Waals surface area contributed by atoms with E-state index >= 15 is 0 Å². The van der Waals surface area contributed by atoms with Gasteiger partial charge < -0.3 is 5.11 Å². The van der Waals surface area contributed by atoms with E-state index in [2.05, 4.69) is 0 Å². The second-order valence-corrected chi connectivity index (χ2v) is 7.76. The predicted molar refractivity (Wildman–Crippen MR) is 97.7 cm³/mol. The number of amides is 1. The summed E-state index contributed by atoms with van der Waals surface area (Å²) < 4.78 is 0.229. The molecule has 4 nitrogen and oxygen atoms in total. The van der Waals surface area contributed by atoms with Crippen molar-refractivity contribution in [2.75, 3.05) is 0 Å². The van der Waals surface area contributed by atoms with Gasteiger partial charge in [-0.3, -0.25) is 9.69 Å². The van der Waals surface area contributed by atoms with Crippen molar-refractivity contribution in [3.63, 3.8) is 0 Å². The van der Waals surface area contributed by atoms with E-state index in [-0.39, 0.29) is 10.2 Å². The number of thiocarbonyl (C=S) groups is 1. The molecule has 23 heavy (non-hydrogen) atoms. The zero-order valence-corrected chi connectivity index (χ0v) is 15.4. The van der Waals surface area contributed by atoms with Gasteiger partial charge in [0.05, 0.1) is 4.91 Å². The molecule has 1 amide bonds. The number of hydrogen-bond donors (Lipinski definition) is 1. The molecule has 2 rings (SSSR count). The van der Waals surface area contributed by atoms with E-state index in [1.807, 2.05) is 0 Å². The first-order chi connectivity index (χ1) is 10.7. The average molecular weight is 390 g/mol. The molecule has 0 saturated carbocycles. The zero-order valence-electron chi connectivity index (χ0n) is 12.2. The van der Waals surface area contributed by atoms with Crippen molar-refractivity contribution in [3.05, 3.63) is 38.7 Å². The smallest absolute Gasteiger partial charge is 0.327 e. The molecule has 0 unspecified atom stereocenters. The number of carbonyl (C=O) groups is 2. The molecule has 0 radical (unpaired) electrons. The fraction of sp³-hybridized carbons (Fsp3) is 0.267. The van der Waals surface area contributed by atoms with Crippen molar-refractivity contribution in [1.29, 1.82) is 0 Å². The molecule has 0 aliphatic carbocycles. The van der Waals surface area contributed by atoms with E-state index in [1.54, 1.807) is 38.1 Å². The normalized spacial score (nSPS) is 18.1. The van der Waals surface area contributed by atoms with Gasteiger partial charge in [-0.15, -0.1) is 0 Å². The first kappa shape index (κ1) is 18.3. The Hall–Kier alpha value is -1.08. The number of halogens is 2. The molecule has 0 spiro atoms. The molecule has 1 atom stereocenters. The van der Waals surface area contributed by atoms with Crippen molar-refractivity contribution >= 4 is 69.5 Å². The van der Waals surface area contributed by atoms with Crippen LogP contribution in [0.5, 0.6) is 0 Å². The topological polar surface area (TPSA) is 57.6 Å². The highest BCUT2D eigenvalue weighted by Crippen LogP contribution is 2.36. The Balaban J connectivity index is 2.37. The molecular weight excluding hydrogens is 377 g/mol. The van der Waals surface area contributed by atoms with Crippen LogP contribution in [0, 0.1) is 5.92 Å². The van der Waals surface area contributed by atoms with Crippen molar-refractivity contribution < 1.29 is 14.7 Å². The number of thioether (sulfide) groups is 1. The lowest BCUT2D eigenvalue weighted by Gasteiger charge is -2.26. The van der Waals surface area contributed by atoms with Crippen LogP contribution in [0.1, 0.15) is 19.4 Å². The largest absolute Gasteiger partial charge is 0.480 e. The number of hydrogen-bond acceptors (Lipinski definition) is 4. The monoisotopic (exact) mass is 389 g/mol. The van der Waals surface area contributed by atoms with E-state index in [4.69, 9.17) is 35.4 Å². The lowest BCUT2D eigenvalue weighted by atomic mass is 10.0. The van der Waals surface area contributed by atoms with Crippen LogP contribution in [0.25, 0.3) is 6.08 Å². The molecule has 1 N–H and O–H groups in total. The Morgan fingerprint density at radius 1 is 1.39 bits per heavy atom. The maximum Gasteiger partial charge on any atom is 0.327 e. The van der Waals surface area contributed by atoms with Gasteiger partial charge in [0.15, 0.2) is 0 Å². The molecular formula is C15H13Cl2NO3S2. The molecule has 1 aromatic rings. The Morgan fingerprint density at radius 2 is 2.04 bits per heavy atom. The quantitative estimate of drug-likeness (QED) is 0.614. The Kier molecular flexibility index (Phi) is 5.73. The summed E-state index contributed by atoms with van der Waals surface area (Å²) in [5, 5.41) is 10.3. The summed E-state index contributed by atoms with van der Waals surface area (Å²) in [4.78, 5) is 25.5. The number of carboxylic acid groups (broad SMARTS) is 1. The van der Waals surface area contributed by atoms with E-state index in [1.165, 1.54) is 0 Å². The standard InChI is InChI=1S/C15H13Cl2NO3S2/c1-7(2)12(14(20)21)18-13(19)11(23-15(18)22)5-8-3-4-9(16)6-10(8)17/h3-7,12H,1-2H3,(H,20,21)/b11-5-/t12-/m0/s1. The lowest BCUT2D eigenvalue weighted by molar-refractivity contribution is -0.146. The SMILES string of the molecule is CC(C)[C@@H](C(=O)O)N1C(=O)/C(=C/c2ccc(Cl)cc2Cl)SC1=S. The van der Waals surface area contributed by atoms with Gasteiger partial charge in [-0.1, -0.05) is 67.1 Å². The summed E-state index contributed by atoms with van der Waals surface area (Å²) in [7, 11) is 0. The second-order valence-electron chi connectivity index (χ2n) is 5.24. The number of aliphatic carboxylic acids is 1. The summed E-state index contributed by atoms with van der Waals surface area (Å²) in [6, 6.07) is 3.93. The third-order valence-corrected chi connectivity index (χ3v) is 5.13. The first-order valence-corrected chi connectivity index (χ1v) is 8.65. The third kappa shape index (κ3) is 3.88. The van der Waals surface area contributed by atoms with Gasteiger partial charge >= 0.3 is 5.97 Å². The summed E-state index contributed by atoms with van der Waals surface area (Å²) in [5.41, 5.74) is 0.619. The second kappa shape index (κ2) is 7.21. The highest BCUT2D eigenvalue weighted by atomic mass is 35.5. The number of nitrogens with zero attached hydrogens (tertiary/aromatic N) is 1. The summed E-state index contributed by atoms with van der Waals surface area (Å²) in [6.07, 6.45) is 1.59. The highest BCUT2D eigenvalue weighted by Gasteiger charge is 2.41. The third-order valence-electron chi connectivity index (χ3n) is 3.24. The molecule has 122 valence electrons. The minimum Gasteiger partial charge on any atom is -0.480 e. The van der Waals surface area contributed by atoms with Crippen LogP contribution in [0.2, 0.25) is 10.0 Å². The zero-order chi connectivity index (χ0) is 17.3. The minimum absolute atomic E-state index is 0.229. The van der Waals surface area contributed by atoms with Crippen molar-refractivity contribution in [2.24, 2.45) is 5.92 Å². The maximum atomic E-state index is 12.6. The van der Waals surface area contributed by atoms with E-state index in [0.29, 0.717) is 20.5 Å². The number of benzene rings is 1. The number of carboxylic acids is 1. The van der Waals surface area contributed by atoms with Crippen LogP contribution in [-0.2, 0) is 9.59 Å². The van der Waals surface area contributed by atoms with Crippen LogP contribution >= 0.6 is 47.2 Å². The van der Waals surface area contributed by atoms with Gasteiger partial charge in [0, 0.05) is 10.0 Å². The fourth-order valence-corrected chi connectivity index (χ4v) is 3.96. The van der Waals surface area contributed by atoms with E-state index < -0.39 is 17.9 Å². The summed E-state index contributed by atoms with van der Waals surface area (Å²) in [5.74, 6) is -1.78. The van der Waals surface area contributed by atoms with Crippen LogP contribution in [-0.4, -0.2) is 32.2 Å². The van der Waals surface area contributed by atoms with Crippen LogP contribution < -0.4 is 0 Å². The number of rotatable bonds is 4. The van der Waals surface area contributed by atoms with Crippen LogP contribution in [0.3, 0.4) is 0 Å². The molecule has 1 fully saturated rings. The van der Waals surface area contributed by atoms with Crippen molar-refractivity contribution in [1.82, 2.24) is 4.90 Å². The highest BCUT2D eigenvalue weighted by molar-refractivity contribution is 8.26. The molecule has 1 aromatic carbocycles. The predicted octanol–water partition coefficient (Wildman–Crippen LogP) is 4.30. The first-order valence-electron chi connectivity index (χ1n) is 6.67. The van der Waals surface area contributed by atoms with Gasteiger partial charge in [0.2, 0.25) is 0 Å². The molecule has 1 aliphatic rings. The van der Waals surface area contributed by atoms with Gasteiger partial charge in [0.25, 0.3) is 5.91 Å². The Bertz CT molecular complexity index is 719. The molecule has 1 heterocycles. The average Bonchev–Trinajstić information content (AvgIpc) is 2.69. The van der Waals surface area contributed by atoms with Gasteiger partial charge in [-0.2, -0.15) is 0 Å².